The van der Waals surface area contributed by atoms with Crippen LogP contribution in [-0.4, -0.2) is 53.8 Å². The van der Waals surface area contributed by atoms with Crippen molar-refractivity contribution in [3.8, 4) is 0 Å². The van der Waals surface area contributed by atoms with E-state index in [9.17, 15) is 9.59 Å². The molecule has 0 aromatic rings. The molecular formula is C19H34ClN3O2. The van der Waals surface area contributed by atoms with Crippen molar-refractivity contribution >= 4 is 24.2 Å². The number of hydrogen-bond donors (Lipinski definition) is 1. The van der Waals surface area contributed by atoms with E-state index in [-0.39, 0.29) is 30.3 Å². The number of amides is 2. The smallest absolute Gasteiger partial charge is 0.225 e. The minimum atomic E-state index is 0. The van der Waals surface area contributed by atoms with Gasteiger partial charge in [-0.3, -0.25) is 9.59 Å². The van der Waals surface area contributed by atoms with Crippen molar-refractivity contribution in [1.82, 2.24) is 9.80 Å². The minimum absolute atomic E-state index is 0. The average Bonchev–Trinajstić information content (AvgIpc) is 2.95. The van der Waals surface area contributed by atoms with E-state index in [0.29, 0.717) is 31.3 Å². The van der Waals surface area contributed by atoms with Gasteiger partial charge in [0.1, 0.15) is 0 Å². The first-order chi connectivity index (χ1) is 11.6. The van der Waals surface area contributed by atoms with Crippen LogP contribution >= 0.6 is 12.4 Å². The van der Waals surface area contributed by atoms with Crippen LogP contribution in [0.1, 0.15) is 64.2 Å². The minimum Gasteiger partial charge on any atom is -0.341 e. The molecule has 6 heteroatoms. The number of nitrogens with two attached hydrogens (primary N) is 1. The number of hydrogen-bond acceptors (Lipinski definition) is 3. The van der Waals surface area contributed by atoms with E-state index < -0.39 is 0 Å². The summed E-state index contributed by atoms with van der Waals surface area (Å²) in [5, 5.41) is 0. The van der Waals surface area contributed by atoms with Crippen molar-refractivity contribution in [2.45, 2.75) is 70.3 Å². The Balaban J connectivity index is 0.00000225. The first kappa shape index (κ1) is 20.5. The number of halogens is 1. The summed E-state index contributed by atoms with van der Waals surface area (Å²) in [6.07, 6.45) is 10.5. The second-order valence-electron chi connectivity index (χ2n) is 8.04. The average molecular weight is 372 g/mol. The van der Waals surface area contributed by atoms with Crippen molar-refractivity contribution < 1.29 is 9.59 Å². The zero-order chi connectivity index (χ0) is 16.9. The summed E-state index contributed by atoms with van der Waals surface area (Å²) in [5.41, 5.74) is 6.04. The van der Waals surface area contributed by atoms with Gasteiger partial charge in [0.2, 0.25) is 11.8 Å². The lowest BCUT2D eigenvalue weighted by Crippen LogP contribution is -2.42. The van der Waals surface area contributed by atoms with E-state index in [2.05, 4.69) is 0 Å². The highest BCUT2D eigenvalue weighted by molar-refractivity contribution is 5.85. The fourth-order valence-electron chi connectivity index (χ4n) is 4.69. The molecule has 0 radical (unpaired) electrons. The molecule has 2 aliphatic carbocycles. The molecule has 1 aliphatic heterocycles. The van der Waals surface area contributed by atoms with E-state index in [0.717, 1.165) is 45.2 Å². The molecule has 2 atom stereocenters. The van der Waals surface area contributed by atoms with Gasteiger partial charge in [0.15, 0.2) is 0 Å². The third kappa shape index (κ3) is 5.58. The maximum Gasteiger partial charge on any atom is 0.225 e. The second-order valence-corrected chi connectivity index (χ2v) is 8.04. The van der Waals surface area contributed by atoms with Gasteiger partial charge < -0.3 is 15.5 Å². The Kier molecular flexibility index (Phi) is 8.01. The van der Waals surface area contributed by atoms with E-state index in [4.69, 9.17) is 5.73 Å². The third-order valence-electron chi connectivity index (χ3n) is 6.16. The first-order valence-corrected chi connectivity index (χ1v) is 9.95. The molecule has 3 aliphatic rings. The molecule has 144 valence electrons. The molecular weight excluding hydrogens is 338 g/mol. The zero-order valence-corrected chi connectivity index (χ0v) is 16.1. The Morgan fingerprint density at radius 2 is 1.52 bits per heavy atom. The molecule has 2 N–H and O–H groups in total. The van der Waals surface area contributed by atoms with Crippen LogP contribution in [0, 0.1) is 11.8 Å². The third-order valence-corrected chi connectivity index (χ3v) is 6.16. The summed E-state index contributed by atoms with van der Waals surface area (Å²) in [7, 11) is 0. The topological polar surface area (TPSA) is 66.6 Å². The van der Waals surface area contributed by atoms with Crippen LogP contribution in [0.25, 0.3) is 0 Å². The van der Waals surface area contributed by atoms with Crippen molar-refractivity contribution in [1.29, 1.82) is 0 Å². The highest BCUT2D eigenvalue weighted by Gasteiger charge is 2.31. The lowest BCUT2D eigenvalue weighted by atomic mass is 9.85. The van der Waals surface area contributed by atoms with Gasteiger partial charge in [0.25, 0.3) is 0 Å². The highest BCUT2D eigenvalue weighted by atomic mass is 35.5. The van der Waals surface area contributed by atoms with Crippen LogP contribution in [0.15, 0.2) is 0 Å². The van der Waals surface area contributed by atoms with Gasteiger partial charge in [-0.25, -0.2) is 0 Å². The van der Waals surface area contributed by atoms with E-state index in [1.165, 1.54) is 25.7 Å². The van der Waals surface area contributed by atoms with Gasteiger partial charge in [-0.2, -0.15) is 0 Å². The van der Waals surface area contributed by atoms with E-state index in [1.807, 2.05) is 9.80 Å². The van der Waals surface area contributed by atoms with Crippen molar-refractivity contribution in [3.63, 3.8) is 0 Å². The van der Waals surface area contributed by atoms with Gasteiger partial charge in [0, 0.05) is 44.6 Å². The Labute approximate surface area is 158 Å². The monoisotopic (exact) mass is 371 g/mol. The van der Waals surface area contributed by atoms with Crippen LogP contribution in [0.5, 0.6) is 0 Å². The molecule has 25 heavy (non-hydrogen) atoms. The molecule has 3 fully saturated rings. The molecule has 0 aromatic heterocycles. The van der Waals surface area contributed by atoms with Gasteiger partial charge in [-0.05, 0) is 44.4 Å². The van der Waals surface area contributed by atoms with E-state index in [1.54, 1.807) is 0 Å². The van der Waals surface area contributed by atoms with Gasteiger partial charge >= 0.3 is 0 Å². The zero-order valence-electron chi connectivity index (χ0n) is 15.3. The van der Waals surface area contributed by atoms with Crippen LogP contribution in [0.3, 0.4) is 0 Å². The van der Waals surface area contributed by atoms with Gasteiger partial charge in [-0.15, -0.1) is 12.4 Å². The normalized spacial score (nSPS) is 28.4. The molecule has 0 aromatic carbocycles. The summed E-state index contributed by atoms with van der Waals surface area (Å²) in [6.45, 7) is 2.99. The lowest BCUT2D eigenvalue weighted by Gasteiger charge is -2.31. The molecule has 1 heterocycles. The van der Waals surface area contributed by atoms with Crippen LogP contribution < -0.4 is 5.73 Å². The molecule has 0 spiro atoms. The highest BCUT2D eigenvalue weighted by Crippen LogP contribution is 2.28. The quantitative estimate of drug-likeness (QED) is 0.829. The molecule has 1 saturated heterocycles. The Hall–Kier alpha value is -0.810. The largest absolute Gasteiger partial charge is 0.341 e. The second kappa shape index (κ2) is 9.77. The lowest BCUT2D eigenvalue weighted by molar-refractivity contribution is -0.137. The standard InChI is InChI=1S/C19H33N3O2.ClH/c20-17-8-3-7-16(14-17)19(24)22-10-4-9-21(11-12-22)18(23)13-15-5-1-2-6-15;/h15-17H,1-14,20H2;1H. The van der Waals surface area contributed by atoms with Crippen LogP contribution in [0.2, 0.25) is 0 Å². The first-order valence-electron chi connectivity index (χ1n) is 9.95. The fourth-order valence-corrected chi connectivity index (χ4v) is 4.69. The van der Waals surface area contributed by atoms with Crippen LogP contribution in [0.4, 0.5) is 0 Å². The Bertz CT molecular complexity index is 454. The number of carbonyl (C=O) groups is 2. The summed E-state index contributed by atoms with van der Waals surface area (Å²) in [4.78, 5) is 29.3. The summed E-state index contributed by atoms with van der Waals surface area (Å²) in [6, 6.07) is 0.184. The predicted octanol–water partition coefficient (Wildman–Crippen LogP) is 2.57. The summed E-state index contributed by atoms with van der Waals surface area (Å²) >= 11 is 0. The summed E-state index contributed by atoms with van der Waals surface area (Å²) in [5.74, 6) is 1.28. The molecule has 3 rings (SSSR count). The van der Waals surface area contributed by atoms with Crippen molar-refractivity contribution in [2.75, 3.05) is 26.2 Å². The molecule has 2 amide bonds. The molecule has 2 unspecified atom stereocenters. The summed E-state index contributed by atoms with van der Waals surface area (Å²) < 4.78 is 0. The van der Waals surface area contributed by atoms with Crippen molar-refractivity contribution in [2.24, 2.45) is 17.6 Å². The van der Waals surface area contributed by atoms with Gasteiger partial charge in [-0.1, -0.05) is 19.3 Å². The predicted molar refractivity (Wildman–Crippen MR) is 102 cm³/mol. The number of nitrogens with zero attached hydrogens (tertiary/aromatic N) is 2. The fraction of sp³-hybridized carbons (Fsp3) is 0.895. The van der Waals surface area contributed by atoms with E-state index >= 15 is 0 Å². The number of rotatable bonds is 3. The molecule has 5 nitrogen and oxygen atoms in total. The van der Waals surface area contributed by atoms with Gasteiger partial charge in [0.05, 0.1) is 0 Å². The van der Waals surface area contributed by atoms with Crippen LogP contribution in [-0.2, 0) is 9.59 Å². The molecule has 2 saturated carbocycles. The molecule has 0 bridgehead atoms. The SMILES string of the molecule is Cl.NC1CCCC(C(=O)N2CCCN(C(=O)CC3CCCC3)CC2)C1. The Morgan fingerprint density at radius 1 is 0.840 bits per heavy atom. The van der Waals surface area contributed by atoms with Crippen molar-refractivity contribution in [3.05, 3.63) is 0 Å². The number of carbonyl (C=O) groups excluding carboxylic acids is 2. The maximum atomic E-state index is 12.8. The maximum absolute atomic E-state index is 12.8. The Morgan fingerprint density at radius 3 is 2.24 bits per heavy atom.